The molecule has 1 saturated carbocycles. The smallest absolute Gasteiger partial charge is 0.228 e. The van der Waals surface area contributed by atoms with Crippen LogP contribution >= 0.6 is 0 Å². The van der Waals surface area contributed by atoms with Crippen molar-refractivity contribution in [3.05, 3.63) is 41.5 Å². The average Bonchev–Trinajstić information content (AvgIpc) is 2.88. The highest BCUT2D eigenvalue weighted by Gasteiger charge is 2.29. The second kappa shape index (κ2) is 5.85. The number of rotatable bonds is 4. The van der Waals surface area contributed by atoms with E-state index >= 15 is 0 Å². The second-order valence-electron chi connectivity index (χ2n) is 6.05. The lowest BCUT2D eigenvalue weighted by Crippen LogP contribution is -2.43. The maximum Gasteiger partial charge on any atom is 0.228 e. The molecule has 2 aromatic rings. The van der Waals surface area contributed by atoms with Gasteiger partial charge in [0.2, 0.25) is 5.89 Å². The number of nitrogens with zero attached hydrogens (tertiary/aromatic N) is 2. The lowest BCUT2D eigenvalue weighted by Gasteiger charge is -2.31. The van der Waals surface area contributed by atoms with E-state index in [9.17, 15) is 5.11 Å². The van der Waals surface area contributed by atoms with E-state index < -0.39 is 0 Å². The van der Waals surface area contributed by atoms with E-state index in [4.69, 9.17) is 10.3 Å². The standard InChI is InChI=1S/C16H21N3O2/c17-16(8-2-1-3-9-16)11-15-18-14(19-21-15)10-12-4-6-13(20)7-5-12/h4-7,20H,1-3,8-11,17H2. The minimum atomic E-state index is -0.180. The van der Waals surface area contributed by atoms with Gasteiger partial charge in [0.05, 0.1) is 0 Å². The summed E-state index contributed by atoms with van der Waals surface area (Å²) in [5.41, 5.74) is 7.28. The summed E-state index contributed by atoms with van der Waals surface area (Å²) in [4.78, 5) is 4.45. The Kier molecular flexibility index (Phi) is 3.92. The van der Waals surface area contributed by atoms with Crippen molar-refractivity contribution in [2.24, 2.45) is 5.73 Å². The van der Waals surface area contributed by atoms with E-state index in [1.54, 1.807) is 12.1 Å². The van der Waals surface area contributed by atoms with E-state index in [0.717, 1.165) is 18.4 Å². The van der Waals surface area contributed by atoms with Crippen molar-refractivity contribution < 1.29 is 9.63 Å². The van der Waals surface area contributed by atoms with Crippen molar-refractivity contribution in [3.8, 4) is 5.75 Å². The number of nitrogens with two attached hydrogens (primary N) is 1. The van der Waals surface area contributed by atoms with Gasteiger partial charge in [0.15, 0.2) is 5.82 Å². The summed E-state index contributed by atoms with van der Waals surface area (Å²) in [6.45, 7) is 0. The maximum atomic E-state index is 9.27. The first-order valence-corrected chi connectivity index (χ1v) is 7.51. The summed E-state index contributed by atoms with van der Waals surface area (Å²) in [5, 5.41) is 13.3. The summed E-state index contributed by atoms with van der Waals surface area (Å²) in [6, 6.07) is 7.04. The Balaban J connectivity index is 1.64. The summed E-state index contributed by atoms with van der Waals surface area (Å²) in [7, 11) is 0. The van der Waals surface area contributed by atoms with Crippen molar-refractivity contribution >= 4 is 0 Å². The normalized spacial score (nSPS) is 17.8. The molecule has 0 saturated heterocycles. The highest BCUT2D eigenvalue weighted by atomic mass is 16.5. The lowest BCUT2D eigenvalue weighted by molar-refractivity contribution is 0.260. The van der Waals surface area contributed by atoms with Crippen molar-refractivity contribution in [2.75, 3.05) is 0 Å². The molecule has 1 aliphatic rings. The Morgan fingerprint density at radius 2 is 1.86 bits per heavy atom. The summed E-state index contributed by atoms with van der Waals surface area (Å²) < 4.78 is 5.34. The van der Waals surface area contributed by atoms with Gasteiger partial charge in [-0.2, -0.15) is 4.98 Å². The van der Waals surface area contributed by atoms with Crippen LogP contribution in [0.1, 0.15) is 49.4 Å². The molecule has 0 bridgehead atoms. The van der Waals surface area contributed by atoms with Crippen molar-refractivity contribution in [1.82, 2.24) is 10.1 Å². The highest BCUT2D eigenvalue weighted by Crippen LogP contribution is 2.28. The van der Waals surface area contributed by atoms with E-state index in [1.807, 2.05) is 12.1 Å². The number of aromatic nitrogens is 2. The Morgan fingerprint density at radius 1 is 1.14 bits per heavy atom. The molecule has 0 amide bonds. The van der Waals surface area contributed by atoms with Crippen LogP contribution in [-0.2, 0) is 12.8 Å². The number of phenolic OH excluding ortho intramolecular Hbond substituents is 1. The molecule has 21 heavy (non-hydrogen) atoms. The van der Waals surface area contributed by atoms with Gasteiger partial charge in [-0.3, -0.25) is 0 Å². The monoisotopic (exact) mass is 287 g/mol. The predicted molar refractivity (Wildman–Crippen MR) is 78.9 cm³/mol. The third-order valence-corrected chi connectivity index (χ3v) is 4.16. The molecule has 0 atom stereocenters. The largest absolute Gasteiger partial charge is 0.508 e. The Bertz CT molecular complexity index is 586. The molecule has 3 N–H and O–H groups in total. The molecule has 5 heteroatoms. The molecule has 0 aliphatic heterocycles. The zero-order valence-electron chi connectivity index (χ0n) is 12.1. The molecule has 1 aromatic heterocycles. The third kappa shape index (κ3) is 3.61. The number of hydrogen-bond acceptors (Lipinski definition) is 5. The van der Waals surface area contributed by atoms with Crippen molar-refractivity contribution in [2.45, 2.75) is 50.5 Å². The molecule has 1 aromatic carbocycles. The molecule has 0 radical (unpaired) electrons. The molecule has 5 nitrogen and oxygen atoms in total. The molecule has 1 heterocycles. The number of aromatic hydroxyl groups is 1. The minimum Gasteiger partial charge on any atom is -0.508 e. The van der Waals surface area contributed by atoms with Gasteiger partial charge in [-0.1, -0.05) is 36.6 Å². The third-order valence-electron chi connectivity index (χ3n) is 4.16. The molecule has 1 fully saturated rings. The zero-order valence-corrected chi connectivity index (χ0v) is 12.1. The zero-order chi connectivity index (χ0) is 14.7. The Labute approximate surface area is 124 Å². The first-order chi connectivity index (χ1) is 10.1. The lowest BCUT2D eigenvalue weighted by atomic mass is 9.80. The molecule has 0 spiro atoms. The Morgan fingerprint density at radius 3 is 2.57 bits per heavy atom. The van der Waals surface area contributed by atoms with Crippen LogP contribution in [0.15, 0.2) is 28.8 Å². The minimum absolute atomic E-state index is 0.180. The van der Waals surface area contributed by atoms with Crippen LogP contribution in [0.25, 0.3) is 0 Å². The first-order valence-electron chi connectivity index (χ1n) is 7.51. The predicted octanol–water partition coefficient (Wildman–Crippen LogP) is 2.57. The number of hydrogen-bond donors (Lipinski definition) is 2. The first kappa shape index (κ1) is 14.1. The molecule has 112 valence electrons. The van der Waals surface area contributed by atoms with Gasteiger partial charge in [-0.05, 0) is 30.5 Å². The van der Waals surface area contributed by atoms with Gasteiger partial charge in [-0.25, -0.2) is 0 Å². The summed E-state index contributed by atoms with van der Waals surface area (Å²) in [5.74, 6) is 1.55. The maximum absolute atomic E-state index is 9.27. The van der Waals surface area contributed by atoms with Crippen LogP contribution < -0.4 is 5.73 Å². The molecule has 1 aliphatic carbocycles. The summed E-state index contributed by atoms with van der Waals surface area (Å²) in [6.07, 6.45) is 6.97. The topological polar surface area (TPSA) is 85.2 Å². The van der Waals surface area contributed by atoms with Gasteiger partial charge in [-0.15, -0.1) is 0 Å². The van der Waals surface area contributed by atoms with Crippen molar-refractivity contribution in [1.29, 1.82) is 0 Å². The van der Waals surface area contributed by atoms with Crippen LogP contribution in [0.5, 0.6) is 5.75 Å². The van der Waals surface area contributed by atoms with Gasteiger partial charge in [0.25, 0.3) is 0 Å². The van der Waals surface area contributed by atoms with E-state index in [-0.39, 0.29) is 11.3 Å². The van der Waals surface area contributed by atoms with Crippen LogP contribution in [-0.4, -0.2) is 20.8 Å². The van der Waals surface area contributed by atoms with E-state index in [1.165, 1.54) is 19.3 Å². The van der Waals surface area contributed by atoms with E-state index in [2.05, 4.69) is 10.1 Å². The van der Waals surface area contributed by atoms with Crippen LogP contribution in [0.2, 0.25) is 0 Å². The Hall–Kier alpha value is -1.88. The second-order valence-corrected chi connectivity index (χ2v) is 6.05. The average molecular weight is 287 g/mol. The van der Waals surface area contributed by atoms with Gasteiger partial charge < -0.3 is 15.4 Å². The fourth-order valence-electron chi connectivity index (χ4n) is 2.96. The van der Waals surface area contributed by atoms with Gasteiger partial charge in [0.1, 0.15) is 5.75 Å². The van der Waals surface area contributed by atoms with Crippen molar-refractivity contribution in [3.63, 3.8) is 0 Å². The van der Waals surface area contributed by atoms with E-state index in [0.29, 0.717) is 24.6 Å². The van der Waals surface area contributed by atoms with Crippen LogP contribution in [0, 0.1) is 0 Å². The molecule has 0 unspecified atom stereocenters. The SMILES string of the molecule is NC1(Cc2nc(Cc3ccc(O)cc3)no2)CCCCC1. The fourth-order valence-corrected chi connectivity index (χ4v) is 2.96. The number of phenols is 1. The van der Waals surface area contributed by atoms with Crippen LogP contribution in [0.4, 0.5) is 0 Å². The molecule has 3 rings (SSSR count). The quantitative estimate of drug-likeness (QED) is 0.902. The molecular formula is C16H21N3O2. The van der Waals surface area contributed by atoms with Gasteiger partial charge >= 0.3 is 0 Å². The number of benzene rings is 1. The van der Waals surface area contributed by atoms with Crippen LogP contribution in [0.3, 0.4) is 0 Å². The molecular weight excluding hydrogens is 266 g/mol. The highest BCUT2D eigenvalue weighted by molar-refractivity contribution is 5.27. The summed E-state index contributed by atoms with van der Waals surface area (Å²) >= 11 is 0. The van der Waals surface area contributed by atoms with Gasteiger partial charge in [0, 0.05) is 18.4 Å². The fraction of sp³-hybridized carbons (Fsp3) is 0.500.